The van der Waals surface area contributed by atoms with E-state index in [1.807, 2.05) is 13.8 Å². The van der Waals surface area contributed by atoms with Crippen molar-refractivity contribution in [1.29, 1.82) is 0 Å². The third kappa shape index (κ3) is 11.1. The number of rotatable bonds is 13. The maximum atomic E-state index is 12.3. The highest BCUT2D eigenvalue weighted by atomic mass is 31.2. The molecule has 1 rings (SSSR count). The molecule has 0 spiro atoms. The highest BCUT2D eigenvalue weighted by molar-refractivity contribution is 7.46. The minimum absolute atomic E-state index is 0.0113. The fourth-order valence-electron chi connectivity index (χ4n) is 2.63. The number of phosphoric acid groups is 1. The van der Waals surface area contributed by atoms with Crippen molar-refractivity contribution in [2.24, 2.45) is 0 Å². The second-order valence-corrected chi connectivity index (χ2v) is 8.05. The first-order valence-corrected chi connectivity index (χ1v) is 11.0. The largest absolute Gasteiger partial charge is 0.491 e. The summed E-state index contributed by atoms with van der Waals surface area (Å²) < 4.78 is 21.4. The van der Waals surface area contributed by atoms with Crippen LogP contribution in [0, 0.1) is 0 Å². The smallest absolute Gasteiger partial charge is 0.469 e. The third-order valence-electron chi connectivity index (χ3n) is 3.88. The number of benzene rings is 1. The van der Waals surface area contributed by atoms with Crippen LogP contribution < -0.4 is 10.1 Å². The van der Waals surface area contributed by atoms with Crippen LogP contribution in [0.3, 0.4) is 0 Å². The summed E-state index contributed by atoms with van der Waals surface area (Å²) in [5, 5.41) is 2.81. The summed E-state index contributed by atoms with van der Waals surface area (Å²) in [6.45, 7) is 5.62. The standard InChI is InChI=1S/C19H32NO6P/c1-4-5-6-7-8-12-19(21)20-18(14-25-27(22,23)24)16-10-9-11-17(13-16)26-15(2)3/h9-11,13,15,18H,4-8,12,14H2,1-3H3,(H,20,21)(H2,22,23,24). The normalized spacial score (nSPS) is 12.8. The van der Waals surface area contributed by atoms with Gasteiger partial charge in [-0.25, -0.2) is 4.57 Å². The molecule has 0 heterocycles. The Labute approximate surface area is 161 Å². The zero-order valence-corrected chi connectivity index (χ0v) is 17.3. The van der Waals surface area contributed by atoms with E-state index in [4.69, 9.17) is 14.5 Å². The Morgan fingerprint density at radius 1 is 1.19 bits per heavy atom. The Hall–Kier alpha value is -1.40. The molecule has 3 N–H and O–H groups in total. The van der Waals surface area contributed by atoms with Crippen LogP contribution in [0.2, 0.25) is 0 Å². The molecular formula is C19H32NO6P. The van der Waals surface area contributed by atoms with Gasteiger partial charge in [-0.05, 0) is 38.0 Å². The van der Waals surface area contributed by atoms with E-state index in [0.717, 1.165) is 32.1 Å². The number of hydrogen-bond donors (Lipinski definition) is 3. The predicted molar refractivity (Wildman–Crippen MR) is 104 cm³/mol. The number of nitrogens with one attached hydrogen (secondary N) is 1. The summed E-state index contributed by atoms with van der Waals surface area (Å²) in [5.74, 6) is 0.457. The maximum absolute atomic E-state index is 12.3. The SMILES string of the molecule is CCCCCCCC(=O)NC(COP(=O)(O)O)c1cccc(OC(C)C)c1. The Morgan fingerprint density at radius 2 is 1.89 bits per heavy atom. The molecule has 1 unspecified atom stereocenters. The molecular weight excluding hydrogens is 369 g/mol. The third-order valence-corrected chi connectivity index (χ3v) is 4.37. The molecule has 0 saturated heterocycles. The van der Waals surface area contributed by atoms with Gasteiger partial charge in [0.2, 0.25) is 5.91 Å². The van der Waals surface area contributed by atoms with Crippen molar-refractivity contribution in [3.63, 3.8) is 0 Å². The second kappa shape index (κ2) is 12.1. The Balaban J connectivity index is 2.75. The van der Waals surface area contributed by atoms with Gasteiger partial charge in [0.05, 0.1) is 18.8 Å². The molecule has 1 atom stereocenters. The highest BCUT2D eigenvalue weighted by Crippen LogP contribution is 2.37. The van der Waals surface area contributed by atoms with Crippen molar-refractivity contribution in [2.45, 2.75) is 71.4 Å². The lowest BCUT2D eigenvalue weighted by Crippen LogP contribution is -2.31. The fourth-order valence-corrected chi connectivity index (χ4v) is 2.97. The van der Waals surface area contributed by atoms with Gasteiger partial charge in [-0.1, -0.05) is 44.7 Å². The second-order valence-electron chi connectivity index (χ2n) is 6.81. The van der Waals surface area contributed by atoms with E-state index < -0.39 is 13.9 Å². The van der Waals surface area contributed by atoms with Crippen molar-refractivity contribution in [3.05, 3.63) is 29.8 Å². The van der Waals surface area contributed by atoms with E-state index in [-0.39, 0.29) is 18.6 Å². The van der Waals surface area contributed by atoms with Gasteiger partial charge in [-0.15, -0.1) is 0 Å². The van der Waals surface area contributed by atoms with Gasteiger partial charge in [0.1, 0.15) is 5.75 Å². The minimum atomic E-state index is -4.63. The van der Waals surface area contributed by atoms with Gasteiger partial charge in [0.15, 0.2) is 0 Å². The number of ether oxygens (including phenoxy) is 1. The van der Waals surface area contributed by atoms with Crippen LogP contribution in [-0.2, 0) is 13.9 Å². The van der Waals surface area contributed by atoms with E-state index in [1.54, 1.807) is 24.3 Å². The first-order valence-electron chi connectivity index (χ1n) is 9.47. The molecule has 1 aromatic rings. The summed E-state index contributed by atoms with van der Waals surface area (Å²) in [6.07, 6.45) is 5.53. The molecule has 7 nitrogen and oxygen atoms in total. The maximum Gasteiger partial charge on any atom is 0.469 e. The summed E-state index contributed by atoms with van der Waals surface area (Å²) in [7, 11) is -4.63. The lowest BCUT2D eigenvalue weighted by Gasteiger charge is -2.21. The van der Waals surface area contributed by atoms with Crippen molar-refractivity contribution in [2.75, 3.05) is 6.61 Å². The molecule has 0 aliphatic heterocycles. The van der Waals surface area contributed by atoms with Crippen LogP contribution in [0.1, 0.15) is 70.9 Å². The lowest BCUT2D eigenvalue weighted by molar-refractivity contribution is -0.122. The van der Waals surface area contributed by atoms with E-state index in [2.05, 4.69) is 16.8 Å². The van der Waals surface area contributed by atoms with E-state index in [0.29, 0.717) is 17.7 Å². The molecule has 0 aromatic heterocycles. The molecule has 8 heteroatoms. The van der Waals surface area contributed by atoms with Gasteiger partial charge < -0.3 is 19.8 Å². The van der Waals surface area contributed by atoms with Gasteiger partial charge in [-0.3, -0.25) is 9.32 Å². The molecule has 0 aliphatic carbocycles. The average molecular weight is 401 g/mol. The quantitative estimate of drug-likeness (QED) is 0.339. The molecule has 154 valence electrons. The fraction of sp³-hybridized carbons (Fsp3) is 0.632. The van der Waals surface area contributed by atoms with Crippen LogP contribution in [0.15, 0.2) is 24.3 Å². The van der Waals surface area contributed by atoms with Crippen LogP contribution in [0.4, 0.5) is 0 Å². The van der Waals surface area contributed by atoms with Crippen LogP contribution >= 0.6 is 7.82 Å². The summed E-state index contributed by atoms with van der Waals surface area (Å²) >= 11 is 0. The Kier molecular flexibility index (Phi) is 10.6. The monoisotopic (exact) mass is 401 g/mol. The van der Waals surface area contributed by atoms with E-state index >= 15 is 0 Å². The van der Waals surface area contributed by atoms with Gasteiger partial charge in [0, 0.05) is 6.42 Å². The number of carbonyl (C=O) groups excluding carboxylic acids is 1. The molecule has 27 heavy (non-hydrogen) atoms. The number of amides is 1. The number of carbonyl (C=O) groups is 1. The molecule has 0 bridgehead atoms. The highest BCUT2D eigenvalue weighted by Gasteiger charge is 2.21. The van der Waals surface area contributed by atoms with Gasteiger partial charge >= 0.3 is 7.82 Å². The molecule has 0 fully saturated rings. The van der Waals surface area contributed by atoms with E-state index in [1.165, 1.54) is 0 Å². The van der Waals surface area contributed by atoms with Gasteiger partial charge in [-0.2, -0.15) is 0 Å². The minimum Gasteiger partial charge on any atom is -0.491 e. The zero-order chi connectivity index (χ0) is 20.3. The predicted octanol–water partition coefficient (Wildman–Crippen LogP) is 4.10. The van der Waals surface area contributed by atoms with Crippen LogP contribution in [0.25, 0.3) is 0 Å². The summed E-state index contributed by atoms with van der Waals surface area (Å²) in [6, 6.07) is 6.41. The summed E-state index contributed by atoms with van der Waals surface area (Å²) in [5.41, 5.74) is 0.668. The van der Waals surface area contributed by atoms with Crippen molar-refractivity contribution in [1.82, 2.24) is 5.32 Å². The Morgan fingerprint density at radius 3 is 2.52 bits per heavy atom. The van der Waals surface area contributed by atoms with Crippen molar-refractivity contribution in [3.8, 4) is 5.75 Å². The van der Waals surface area contributed by atoms with Crippen LogP contribution in [0.5, 0.6) is 5.75 Å². The van der Waals surface area contributed by atoms with Crippen LogP contribution in [-0.4, -0.2) is 28.4 Å². The lowest BCUT2D eigenvalue weighted by atomic mass is 10.1. The number of unbranched alkanes of at least 4 members (excludes halogenated alkanes) is 4. The first-order chi connectivity index (χ1) is 12.7. The molecule has 0 aliphatic rings. The first kappa shape index (κ1) is 23.6. The number of hydrogen-bond acceptors (Lipinski definition) is 4. The zero-order valence-electron chi connectivity index (χ0n) is 16.4. The average Bonchev–Trinajstić information content (AvgIpc) is 2.57. The molecule has 1 amide bonds. The van der Waals surface area contributed by atoms with Crippen molar-refractivity contribution >= 4 is 13.7 Å². The molecule has 0 saturated carbocycles. The number of phosphoric ester groups is 1. The van der Waals surface area contributed by atoms with E-state index in [9.17, 15) is 9.36 Å². The summed E-state index contributed by atoms with van der Waals surface area (Å²) in [4.78, 5) is 30.2. The molecule has 0 radical (unpaired) electrons. The topological polar surface area (TPSA) is 105 Å². The molecule has 1 aromatic carbocycles. The van der Waals surface area contributed by atoms with Crippen molar-refractivity contribution < 1.29 is 28.4 Å². The Bertz CT molecular complexity index is 616. The van der Waals surface area contributed by atoms with Gasteiger partial charge in [0.25, 0.3) is 0 Å².